The third kappa shape index (κ3) is 6.68. The Labute approximate surface area is 181 Å². The fourth-order valence-electron chi connectivity index (χ4n) is 4.65. The van der Waals surface area contributed by atoms with Crippen LogP contribution in [0.25, 0.3) is 0 Å². The topological polar surface area (TPSA) is 47.6 Å². The molecule has 5 nitrogen and oxygen atoms in total. The molecule has 1 aromatic carbocycles. The largest absolute Gasteiger partial charge is 0.353 e. The molecule has 0 aromatic heterocycles. The maximum Gasteiger partial charge on any atom is 0.237 e. The number of carbonyl (C=O) groups excluding carboxylic acids is 1. The number of piperidine rings is 1. The van der Waals surface area contributed by atoms with Crippen molar-refractivity contribution in [2.75, 3.05) is 26.2 Å². The third-order valence-corrected chi connectivity index (χ3v) is 6.29. The van der Waals surface area contributed by atoms with Crippen LogP contribution in [-0.4, -0.2) is 66.1 Å². The molecule has 2 atom stereocenters. The summed E-state index contributed by atoms with van der Waals surface area (Å²) in [5.74, 6) is 0.149. The third-order valence-electron chi connectivity index (χ3n) is 6.03. The normalized spacial score (nSPS) is 24.3. The summed E-state index contributed by atoms with van der Waals surface area (Å²) in [6, 6.07) is 8.99. The molecular weight excluding hydrogens is 384 g/mol. The number of hydrogen-bond acceptors (Lipinski definition) is 4. The van der Waals surface area contributed by atoms with Crippen LogP contribution < -0.4 is 10.6 Å². The van der Waals surface area contributed by atoms with Crippen molar-refractivity contribution < 1.29 is 4.79 Å². The molecule has 2 N–H and O–H groups in total. The van der Waals surface area contributed by atoms with E-state index >= 15 is 0 Å². The van der Waals surface area contributed by atoms with E-state index in [1.54, 1.807) is 0 Å². The Hall–Kier alpha value is -1.14. The predicted molar refractivity (Wildman–Crippen MR) is 120 cm³/mol. The Morgan fingerprint density at radius 1 is 1.17 bits per heavy atom. The Balaban J connectivity index is 1.59. The van der Waals surface area contributed by atoms with E-state index in [2.05, 4.69) is 39.5 Å². The molecule has 2 aliphatic heterocycles. The predicted octanol–water partition coefficient (Wildman–Crippen LogP) is 3.27. The van der Waals surface area contributed by atoms with Gasteiger partial charge in [0.1, 0.15) is 0 Å². The van der Waals surface area contributed by atoms with E-state index in [1.807, 2.05) is 26.0 Å². The first-order chi connectivity index (χ1) is 13.9. The summed E-state index contributed by atoms with van der Waals surface area (Å²) in [6.45, 7) is 11.6. The monoisotopic (exact) mass is 420 g/mol. The minimum Gasteiger partial charge on any atom is -0.353 e. The van der Waals surface area contributed by atoms with Gasteiger partial charge in [-0.15, -0.1) is 0 Å². The number of benzene rings is 1. The van der Waals surface area contributed by atoms with Gasteiger partial charge in [0.25, 0.3) is 0 Å². The lowest BCUT2D eigenvalue weighted by Gasteiger charge is -2.33. The van der Waals surface area contributed by atoms with Gasteiger partial charge in [0.15, 0.2) is 0 Å². The number of nitrogens with one attached hydrogen (secondary N) is 2. The molecule has 0 unspecified atom stereocenters. The van der Waals surface area contributed by atoms with Crippen LogP contribution in [0, 0.1) is 0 Å². The van der Waals surface area contributed by atoms with E-state index in [9.17, 15) is 4.79 Å². The molecule has 2 heterocycles. The average molecular weight is 421 g/mol. The summed E-state index contributed by atoms with van der Waals surface area (Å²) in [4.78, 5) is 17.7. The number of carbonyl (C=O) groups is 1. The van der Waals surface area contributed by atoms with Crippen molar-refractivity contribution in [2.45, 2.75) is 77.2 Å². The van der Waals surface area contributed by atoms with E-state index in [-0.39, 0.29) is 18.0 Å². The maximum atomic E-state index is 12.9. The highest BCUT2D eigenvalue weighted by Crippen LogP contribution is 2.23. The summed E-state index contributed by atoms with van der Waals surface area (Å²) in [5, 5.41) is 7.74. The molecule has 162 valence electrons. The molecule has 1 amide bonds. The van der Waals surface area contributed by atoms with Gasteiger partial charge >= 0.3 is 0 Å². The van der Waals surface area contributed by atoms with Gasteiger partial charge in [-0.2, -0.15) is 0 Å². The first kappa shape index (κ1) is 22.5. The van der Waals surface area contributed by atoms with E-state index in [0.717, 1.165) is 24.5 Å². The zero-order chi connectivity index (χ0) is 20.8. The zero-order valence-electron chi connectivity index (χ0n) is 18.2. The van der Waals surface area contributed by atoms with Crippen LogP contribution in [0.1, 0.15) is 52.0 Å². The van der Waals surface area contributed by atoms with Crippen molar-refractivity contribution in [3.05, 3.63) is 34.9 Å². The Morgan fingerprint density at radius 3 is 2.48 bits per heavy atom. The second kappa shape index (κ2) is 10.8. The summed E-state index contributed by atoms with van der Waals surface area (Å²) < 4.78 is 0. The standard InChI is InChI=1S/C23H37ClN4O/c1-4-11-27-12-9-20(10-13-27)26-21-14-22(23(29)25-17(2)3)28(16-21)15-18-5-7-19(24)8-6-18/h5-8,17,20-22,26H,4,9-16H2,1-3H3,(H,25,29)/t21-,22+/m1/s1. The molecule has 0 spiro atoms. The molecule has 2 fully saturated rings. The van der Waals surface area contributed by atoms with Gasteiger partial charge in [-0.1, -0.05) is 30.7 Å². The molecular formula is C23H37ClN4O. The summed E-state index contributed by atoms with van der Waals surface area (Å²) in [5.41, 5.74) is 1.20. The van der Waals surface area contributed by atoms with Crippen LogP contribution >= 0.6 is 11.6 Å². The number of amides is 1. The number of halogens is 1. The van der Waals surface area contributed by atoms with Crippen LogP contribution in [0.3, 0.4) is 0 Å². The maximum absolute atomic E-state index is 12.9. The number of likely N-dealkylation sites (tertiary alicyclic amines) is 2. The van der Waals surface area contributed by atoms with Crippen LogP contribution in [-0.2, 0) is 11.3 Å². The van der Waals surface area contributed by atoms with Crippen molar-refractivity contribution in [3.63, 3.8) is 0 Å². The van der Waals surface area contributed by atoms with E-state index < -0.39 is 0 Å². The first-order valence-corrected chi connectivity index (χ1v) is 11.6. The fourth-order valence-corrected chi connectivity index (χ4v) is 4.78. The van der Waals surface area contributed by atoms with Crippen LogP contribution in [0.15, 0.2) is 24.3 Å². The van der Waals surface area contributed by atoms with Crippen molar-refractivity contribution in [1.29, 1.82) is 0 Å². The Bertz CT molecular complexity index is 643. The fraction of sp³-hybridized carbons (Fsp3) is 0.696. The summed E-state index contributed by atoms with van der Waals surface area (Å²) >= 11 is 6.04. The molecule has 2 saturated heterocycles. The summed E-state index contributed by atoms with van der Waals surface area (Å²) in [6.07, 6.45) is 4.52. The quantitative estimate of drug-likeness (QED) is 0.677. The highest BCUT2D eigenvalue weighted by atomic mass is 35.5. The van der Waals surface area contributed by atoms with Crippen LogP contribution in [0.2, 0.25) is 5.02 Å². The molecule has 2 aliphatic rings. The minimum absolute atomic E-state index is 0.0780. The van der Waals surface area contributed by atoms with Gasteiger partial charge in [0.2, 0.25) is 5.91 Å². The molecule has 0 saturated carbocycles. The number of nitrogens with zero attached hydrogens (tertiary/aromatic N) is 2. The van der Waals surface area contributed by atoms with Gasteiger partial charge in [0, 0.05) is 36.2 Å². The van der Waals surface area contributed by atoms with E-state index in [4.69, 9.17) is 11.6 Å². The number of rotatable bonds is 8. The average Bonchev–Trinajstić information content (AvgIpc) is 3.07. The van der Waals surface area contributed by atoms with Gasteiger partial charge in [-0.25, -0.2) is 0 Å². The second-order valence-corrected chi connectivity index (χ2v) is 9.39. The van der Waals surface area contributed by atoms with Crippen molar-refractivity contribution in [3.8, 4) is 0 Å². The van der Waals surface area contributed by atoms with Crippen molar-refractivity contribution in [1.82, 2.24) is 20.4 Å². The smallest absolute Gasteiger partial charge is 0.237 e. The van der Waals surface area contributed by atoms with Crippen LogP contribution in [0.5, 0.6) is 0 Å². The molecule has 0 bridgehead atoms. The minimum atomic E-state index is -0.0780. The lowest BCUT2D eigenvalue weighted by molar-refractivity contribution is -0.126. The molecule has 0 aliphatic carbocycles. The van der Waals surface area contributed by atoms with Crippen LogP contribution in [0.4, 0.5) is 0 Å². The molecule has 6 heteroatoms. The Morgan fingerprint density at radius 2 is 1.86 bits per heavy atom. The van der Waals surface area contributed by atoms with Crippen molar-refractivity contribution >= 4 is 17.5 Å². The number of hydrogen-bond donors (Lipinski definition) is 2. The van der Waals surface area contributed by atoms with Crippen molar-refractivity contribution in [2.24, 2.45) is 0 Å². The first-order valence-electron chi connectivity index (χ1n) is 11.2. The van der Waals surface area contributed by atoms with Gasteiger partial charge < -0.3 is 15.5 Å². The lowest BCUT2D eigenvalue weighted by Crippen LogP contribution is -2.47. The second-order valence-electron chi connectivity index (χ2n) is 8.95. The molecule has 29 heavy (non-hydrogen) atoms. The summed E-state index contributed by atoms with van der Waals surface area (Å²) in [7, 11) is 0. The van der Waals surface area contributed by atoms with Gasteiger partial charge in [0.05, 0.1) is 6.04 Å². The molecule has 1 aromatic rings. The zero-order valence-corrected chi connectivity index (χ0v) is 18.9. The molecule has 0 radical (unpaired) electrons. The highest BCUT2D eigenvalue weighted by molar-refractivity contribution is 6.30. The molecule has 3 rings (SSSR count). The Kier molecular flexibility index (Phi) is 8.36. The van der Waals surface area contributed by atoms with E-state index in [1.165, 1.54) is 44.5 Å². The highest BCUT2D eigenvalue weighted by Gasteiger charge is 2.37. The van der Waals surface area contributed by atoms with E-state index in [0.29, 0.717) is 12.1 Å². The van der Waals surface area contributed by atoms with Gasteiger partial charge in [-0.05, 0) is 76.9 Å². The SMILES string of the molecule is CCCN1CCC(N[C@@H]2C[C@@H](C(=O)NC(C)C)N(Cc3ccc(Cl)cc3)C2)CC1. The lowest BCUT2D eigenvalue weighted by atomic mass is 10.0. The van der Waals surface area contributed by atoms with Gasteiger partial charge in [-0.3, -0.25) is 9.69 Å².